The van der Waals surface area contributed by atoms with Crippen LogP contribution < -0.4 is 0 Å². The fourth-order valence-electron chi connectivity index (χ4n) is 1.84. The zero-order valence-corrected chi connectivity index (χ0v) is 11.1. The van der Waals surface area contributed by atoms with Gasteiger partial charge < -0.3 is 4.74 Å². The van der Waals surface area contributed by atoms with E-state index in [0.29, 0.717) is 5.56 Å². The second-order valence-electron chi connectivity index (χ2n) is 4.09. The standard InChI is InChI=1S/C14H16O2S/c1-10-6-7-17(9-10)13-5-4-12(8-11(13)2)14(15)16-3/h4-9,17H,1-3H3. The molecule has 90 valence electrons. The van der Waals surface area contributed by atoms with Gasteiger partial charge in [0.1, 0.15) is 0 Å². The number of ether oxygens (including phenoxy) is 1. The molecule has 0 radical (unpaired) electrons. The number of aryl methyl sites for hydroxylation is 1. The van der Waals surface area contributed by atoms with Crippen LogP contribution in [0, 0.1) is 6.92 Å². The van der Waals surface area contributed by atoms with E-state index in [9.17, 15) is 4.79 Å². The molecule has 1 aromatic carbocycles. The van der Waals surface area contributed by atoms with Crippen LogP contribution in [0.1, 0.15) is 22.8 Å². The molecule has 3 heteroatoms. The third-order valence-corrected chi connectivity index (χ3v) is 4.95. The van der Waals surface area contributed by atoms with E-state index in [2.05, 4.69) is 23.8 Å². The number of benzene rings is 1. The Bertz CT molecular complexity index is 515. The molecule has 2 nitrogen and oxygen atoms in total. The van der Waals surface area contributed by atoms with Crippen molar-refractivity contribution in [2.75, 3.05) is 7.11 Å². The average Bonchev–Trinajstić information content (AvgIpc) is 2.74. The molecule has 1 atom stereocenters. The summed E-state index contributed by atoms with van der Waals surface area (Å²) in [5, 5.41) is 4.53. The summed E-state index contributed by atoms with van der Waals surface area (Å²) >= 11 is 0. The largest absolute Gasteiger partial charge is 0.465 e. The highest BCUT2D eigenvalue weighted by molar-refractivity contribution is 8.22. The van der Waals surface area contributed by atoms with Gasteiger partial charge in [0.25, 0.3) is 0 Å². The van der Waals surface area contributed by atoms with Gasteiger partial charge in [0.2, 0.25) is 0 Å². The summed E-state index contributed by atoms with van der Waals surface area (Å²) in [4.78, 5) is 12.7. The normalized spacial score (nSPS) is 20.2. The number of thiol groups is 1. The van der Waals surface area contributed by atoms with Crippen molar-refractivity contribution in [3.05, 3.63) is 51.8 Å². The van der Waals surface area contributed by atoms with E-state index in [-0.39, 0.29) is 16.9 Å². The number of methoxy groups -OCH3 is 1. The average molecular weight is 248 g/mol. The molecular weight excluding hydrogens is 232 g/mol. The lowest BCUT2D eigenvalue weighted by Gasteiger charge is -2.14. The Labute approximate surface area is 104 Å². The van der Waals surface area contributed by atoms with Gasteiger partial charge in [-0.2, -0.15) is 10.9 Å². The molecule has 0 saturated carbocycles. The van der Waals surface area contributed by atoms with Gasteiger partial charge in [-0.15, -0.1) is 0 Å². The van der Waals surface area contributed by atoms with Crippen LogP contribution in [0.2, 0.25) is 0 Å². The first-order valence-corrected chi connectivity index (χ1v) is 6.94. The molecule has 0 aromatic heterocycles. The Kier molecular flexibility index (Phi) is 3.38. The molecule has 0 aliphatic carbocycles. The van der Waals surface area contributed by atoms with Gasteiger partial charge in [0, 0.05) is 0 Å². The lowest BCUT2D eigenvalue weighted by molar-refractivity contribution is 0.0600. The van der Waals surface area contributed by atoms with Crippen LogP contribution in [-0.2, 0) is 4.74 Å². The number of carbonyl (C=O) groups excluding carboxylic acids is 1. The van der Waals surface area contributed by atoms with Crippen LogP contribution in [-0.4, -0.2) is 13.1 Å². The second kappa shape index (κ2) is 4.80. The second-order valence-corrected chi connectivity index (χ2v) is 5.94. The maximum Gasteiger partial charge on any atom is 0.337 e. The molecule has 1 unspecified atom stereocenters. The SMILES string of the molecule is COC(=O)c1ccc([SH]2C=CC(C)=C2)c(C)c1. The highest BCUT2D eigenvalue weighted by Gasteiger charge is 2.11. The summed E-state index contributed by atoms with van der Waals surface area (Å²) in [6.07, 6.45) is 2.15. The molecule has 0 N–H and O–H groups in total. The van der Waals surface area contributed by atoms with Crippen molar-refractivity contribution in [2.45, 2.75) is 18.7 Å². The lowest BCUT2D eigenvalue weighted by Crippen LogP contribution is -2.01. The van der Waals surface area contributed by atoms with Gasteiger partial charge in [-0.1, -0.05) is 6.08 Å². The quantitative estimate of drug-likeness (QED) is 0.639. The zero-order valence-electron chi connectivity index (χ0n) is 10.2. The fourth-order valence-corrected chi connectivity index (χ4v) is 3.87. The highest BCUT2D eigenvalue weighted by Crippen LogP contribution is 2.45. The van der Waals surface area contributed by atoms with Crippen molar-refractivity contribution in [2.24, 2.45) is 0 Å². The minimum Gasteiger partial charge on any atom is -0.465 e. The summed E-state index contributed by atoms with van der Waals surface area (Å²) < 4.78 is 4.71. The number of allylic oxidation sites excluding steroid dienone is 2. The maximum absolute atomic E-state index is 11.4. The first-order chi connectivity index (χ1) is 8.11. The third-order valence-electron chi connectivity index (χ3n) is 2.74. The highest BCUT2D eigenvalue weighted by atomic mass is 32.2. The number of hydrogen-bond acceptors (Lipinski definition) is 2. The minimum atomic E-state index is -0.331. The summed E-state index contributed by atoms with van der Waals surface area (Å²) in [5.41, 5.74) is 3.08. The van der Waals surface area contributed by atoms with E-state index in [4.69, 9.17) is 4.74 Å². The molecular formula is C14H16O2S. The van der Waals surface area contributed by atoms with Crippen LogP contribution in [0.25, 0.3) is 0 Å². The zero-order chi connectivity index (χ0) is 12.4. The van der Waals surface area contributed by atoms with E-state index in [1.54, 1.807) is 0 Å². The molecule has 1 aliphatic rings. The van der Waals surface area contributed by atoms with Gasteiger partial charge in [-0.05, 0) is 58.9 Å². The van der Waals surface area contributed by atoms with Crippen LogP contribution in [0.5, 0.6) is 0 Å². The van der Waals surface area contributed by atoms with E-state index in [1.165, 1.54) is 17.6 Å². The molecule has 17 heavy (non-hydrogen) atoms. The van der Waals surface area contributed by atoms with Crippen molar-refractivity contribution >= 4 is 16.9 Å². The Morgan fingerprint density at radius 3 is 2.59 bits per heavy atom. The Hall–Kier alpha value is -1.48. The van der Waals surface area contributed by atoms with Crippen molar-refractivity contribution in [3.8, 4) is 0 Å². The van der Waals surface area contributed by atoms with Crippen LogP contribution in [0.4, 0.5) is 0 Å². The molecule has 1 aliphatic heterocycles. The van der Waals surface area contributed by atoms with Crippen molar-refractivity contribution in [1.29, 1.82) is 0 Å². The summed E-state index contributed by atoms with van der Waals surface area (Å²) in [5.74, 6) is -0.277. The Morgan fingerprint density at radius 1 is 1.29 bits per heavy atom. The van der Waals surface area contributed by atoms with E-state index < -0.39 is 0 Å². The lowest BCUT2D eigenvalue weighted by atomic mass is 10.1. The van der Waals surface area contributed by atoms with Crippen LogP contribution in [0.3, 0.4) is 0 Å². The van der Waals surface area contributed by atoms with Gasteiger partial charge in [0.15, 0.2) is 0 Å². The number of carbonyl (C=O) groups is 1. The first-order valence-electron chi connectivity index (χ1n) is 5.46. The van der Waals surface area contributed by atoms with Crippen molar-refractivity contribution in [1.82, 2.24) is 0 Å². The molecule has 0 fully saturated rings. The fraction of sp³-hybridized carbons (Fsp3) is 0.214. The molecule has 0 amide bonds. The number of hydrogen-bond donors (Lipinski definition) is 1. The van der Waals surface area contributed by atoms with E-state index >= 15 is 0 Å². The minimum absolute atomic E-state index is 0.277. The van der Waals surface area contributed by atoms with Crippen LogP contribution >= 0.6 is 10.9 Å². The maximum atomic E-state index is 11.4. The van der Waals surface area contributed by atoms with Gasteiger partial charge in [-0.3, -0.25) is 0 Å². The Balaban J connectivity index is 2.33. The van der Waals surface area contributed by atoms with Crippen molar-refractivity contribution < 1.29 is 9.53 Å². The predicted molar refractivity (Wildman–Crippen MR) is 72.7 cm³/mol. The third kappa shape index (κ3) is 2.44. The molecule has 0 spiro atoms. The van der Waals surface area contributed by atoms with Gasteiger partial charge >= 0.3 is 5.97 Å². The topological polar surface area (TPSA) is 26.3 Å². The Morgan fingerprint density at radius 2 is 2.06 bits per heavy atom. The molecule has 0 bridgehead atoms. The summed E-state index contributed by atoms with van der Waals surface area (Å²) in [6, 6.07) is 5.78. The number of rotatable bonds is 2. The molecule has 2 rings (SSSR count). The molecule has 1 aromatic rings. The number of esters is 1. The molecule has 1 heterocycles. The molecule has 0 saturated heterocycles. The summed E-state index contributed by atoms with van der Waals surface area (Å²) in [6.45, 7) is 4.15. The van der Waals surface area contributed by atoms with Gasteiger partial charge in [0.05, 0.1) is 12.7 Å². The van der Waals surface area contributed by atoms with E-state index in [0.717, 1.165) is 5.56 Å². The summed E-state index contributed by atoms with van der Waals surface area (Å²) in [7, 11) is 1.07. The predicted octanol–water partition coefficient (Wildman–Crippen LogP) is 3.57. The van der Waals surface area contributed by atoms with Crippen LogP contribution in [0.15, 0.2) is 45.6 Å². The van der Waals surface area contributed by atoms with Gasteiger partial charge in [-0.25, -0.2) is 4.79 Å². The monoisotopic (exact) mass is 248 g/mol. The smallest absolute Gasteiger partial charge is 0.337 e. The van der Waals surface area contributed by atoms with E-state index in [1.807, 2.05) is 25.1 Å². The first kappa shape index (κ1) is 12.0. The van der Waals surface area contributed by atoms with Crippen molar-refractivity contribution in [3.63, 3.8) is 0 Å².